The second-order valence-electron chi connectivity index (χ2n) is 13.0. The minimum absolute atomic E-state index is 0.136. The van der Waals surface area contributed by atoms with Gasteiger partial charge in [-0.25, -0.2) is 13.4 Å². The number of nitrogens with zero attached hydrogens (tertiary/aromatic N) is 2. The summed E-state index contributed by atoms with van der Waals surface area (Å²) in [5, 5.41) is 5.19. The molecule has 0 aliphatic carbocycles. The van der Waals surface area contributed by atoms with E-state index in [2.05, 4.69) is 46.6 Å². The molecule has 4 rings (SSSR count). The molecule has 2 aromatic rings. The molecule has 0 radical (unpaired) electrons. The van der Waals surface area contributed by atoms with Crippen LogP contribution < -0.4 is 0 Å². The van der Waals surface area contributed by atoms with Gasteiger partial charge in [-0.1, -0.05) is 76.9 Å². The van der Waals surface area contributed by atoms with E-state index < -0.39 is 18.2 Å². The molecule has 2 fully saturated rings. The number of piperidine rings is 1. The van der Waals surface area contributed by atoms with Gasteiger partial charge in [0.05, 0.1) is 4.90 Å². The van der Waals surface area contributed by atoms with Gasteiger partial charge >= 0.3 is 0 Å². The van der Waals surface area contributed by atoms with Crippen molar-refractivity contribution < 1.29 is 17.6 Å². The summed E-state index contributed by atoms with van der Waals surface area (Å²) in [6.45, 7) is 16.3. The van der Waals surface area contributed by atoms with E-state index in [9.17, 15) is 13.2 Å². The predicted octanol–water partition coefficient (Wildman–Crippen LogP) is 8.03. The van der Waals surface area contributed by atoms with Crippen molar-refractivity contribution >= 4 is 47.3 Å². The highest BCUT2D eigenvalue weighted by Crippen LogP contribution is 2.44. The molecule has 232 valence electrons. The lowest BCUT2D eigenvalue weighted by atomic mass is 9.95. The lowest BCUT2D eigenvalue weighted by Crippen LogP contribution is -2.54. The van der Waals surface area contributed by atoms with E-state index >= 15 is 0 Å². The number of sulfone groups is 1. The summed E-state index contributed by atoms with van der Waals surface area (Å²) in [6, 6.07) is 10.4. The maximum Gasteiger partial charge on any atom is 0.240 e. The second kappa shape index (κ2) is 13.3. The van der Waals surface area contributed by atoms with Crippen molar-refractivity contribution in [1.82, 2.24) is 10.0 Å². The monoisotopic (exact) mass is 652 g/mol. The number of carbonyl (C=O) groups excluding carboxylic acids is 1. The maximum absolute atomic E-state index is 13.5. The second-order valence-corrected chi connectivity index (χ2v) is 21.2. The normalized spacial score (nSPS) is 19.6. The van der Waals surface area contributed by atoms with Crippen molar-refractivity contribution in [3.63, 3.8) is 0 Å². The van der Waals surface area contributed by atoms with Crippen LogP contribution in [0.2, 0.25) is 26.7 Å². The van der Waals surface area contributed by atoms with Crippen molar-refractivity contribution in [3.05, 3.63) is 52.0 Å². The summed E-state index contributed by atoms with van der Waals surface area (Å²) in [4.78, 5) is 13.8. The van der Waals surface area contributed by atoms with Crippen molar-refractivity contribution in [2.45, 2.75) is 94.8 Å². The first-order valence-corrected chi connectivity index (χ1v) is 20.0. The van der Waals surface area contributed by atoms with E-state index in [1.54, 1.807) is 24.3 Å². The molecular formula is C32H46Cl2N2O4SSi. The smallest absolute Gasteiger partial charge is 0.240 e. The van der Waals surface area contributed by atoms with Gasteiger partial charge in [0.15, 0.2) is 9.84 Å². The molecule has 1 amide bonds. The van der Waals surface area contributed by atoms with E-state index in [1.807, 2.05) is 17.1 Å². The van der Waals surface area contributed by atoms with Crippen LogP contribution >= 0.6 is 23.2 Å². The zero-order chi connectivity index (χ0) is 31.0. The van der Waals surface area contributed by atoms with Gasteiger partial charge in [-0.15, -0.1) is 0 Å². The number of rotatable bonds is 10. The summed E-state index contributed by atoms with van der Waals surface area (Å²) >= 11 is 13.4. The fourth-order valence-corrected chi connectivity index (χ4v) is 14.1. The molecular weight excluding hydrogens is 607 g/mol. The van der Waals surface area contributed by atoms with E-state index in [0.717, 1.165) is 49.0 Å². The topological polar surface area (TPSA) is 66.9 Å². The minimum atomic E-state index is -3.27. The first kappa shape index (κ1) is 33.5. The van der Waals surface area contributed by atoms with Gasteiger partial charge in [-0.2, -0.15) is 0 Å². The molecule has 42 heavy (non-hydrogen) atoms. The van der Waals surface area contributed by atoms with Crippen LogP contribution in [0, 0.1) is 5.92 Å². The standard InChI is InChI=1S/C32H46Cl2N2O4SSi/c1-21(2)42(22(3)4,23(5)6)40-27-13-15-35(16-14-27)36-17-12-25(32(36)37)18-29-30(33)19-26(20-31(29)34)24-8-10-28(11-9-24)41(7,38)39/h8-11,19-23,25,27H,12-18H2,1-7H3. The predicted molar refractivity (Wildman–Crippen MR) is 175 cm³/mol. The van der Waals surface area contributed by atoms with Crippen LogP contribution in [0.15, 0.2) is 41.3 Å². The SMILES string of the molecule is CC(C)[Si](OC1CCN(N2CCC(Cc3c(Cl)cc(-c4ccc(S(C)(=O)=O)cc4)cc3Cl)C2=O)CC1)(C(C)C)C(C)C. The number of hydrazine groups is 1. The molecule has 6 nitrogen and oxygen atoms in total. The Kier molecular flexibility index (Phi) is 10.6. The highest BCUT2D eigenvalue weighted by Gasteiger charge is 2.47. The Labute approximate surface area is 263 Å². The molecule has 0 aromatic heterocycles. The number of carbonyl (C=O) groups is 1. The van der Waals surface area contributed by atoms with Crippen LogP contribution in [0.4, 0.5) is 0 Å². The Balaban J connectivity index is 1.39. The van der Waals surface area contributed by atoms with Gasteiger partial charge in [-0.05, 0) is 83.3 Å². The fourth-order valence-electron chi connectivity index (χ4n) is 7.20. The molecule has 10 heteroatoms. The third kappa shape index (κ3) is 6.94. The molecule has 1 unspecified atom stereocenters. The average Bonchev–Trinajstić information content (AvgIpc) is 3.28. The summed E-state index contributed by atoms with van der Waals surface area (Å²) in [5.74, 6) is -0.0334. The number of benzene rings is 2. The molecule has 1 atom stereocenters. The molecule has 2 aromatic carbocycles. The van der Waals surface area contributed by atoms with Crippen molar-refractivity contribution in [2.75, 3.05) is 25.9 Å². The molecule has 0 bridgehead atoms. The lowest BCUT2D eigenvalue weighted by Gasteiger charge is -2.47. The molecule has 0 spiro atoms. The van der Waals surface area contributed by atoms with E-state index in [0.29, 0.717) is 39.6 Å². The summed E-state index contributed by atoms with van der Waals surface area (Å²) in [7, 11) is -5.20. The zero-order valence-electron chi connectivity index (χ0n) is 26.0. The highest BCUT2D eigenvalue weighted by atomic mass is 35.5. The largest absolute Gasteiger partial charge is 0.413 e. The Bertz CT molecular complexity index is 1330. The molecule has 2 saturated heterocycles. The highest BCUT2D eigenvalue weighted by molar-refractivity contribution is 7.90. The van der Waals surface area contributed by atoms with Gasteiger partial charge in [-0.3, -0.25) is 9.80 Å². The molecule has 0 N–H and O–H groups in total. The third-order valence-corrected chi connectivity index (χ3v) is 17.3. The van der Waals surface area contributed by atoms with Crippen LogP contribution in [-0.4, -0.2) is 64.7 Å². The molecule has 2 heterocycles. The summed E-state index contributed by atoms with van der Waals surface area (Å²) in [5.41, 5.74) is 4.08. The lowest BCUT2D eigenvalue weighted by molar-refractivity contribution is -0.149. The number of amides is 1. The first-order valence-electron chi connectivity index (χ1n) is 15.2. The van der Waals surface area contributed by atoms with E-state index in [4.69, 9.17) is 27.6 Å². The summed E-state index contributed by atoms with van der Waals surface area (Å²) < 4.78 is 30.6. The minimum Gasteiger partial charge on any atom is -0.413 e. The third-order valence-electron chi connectivity index (χ3n) is 9.34. The van der Waals surface area contributed by atoms with Crippen molar-refractivity contribution in [2.24, 2.45) is 5.92 Å². The molecule has 2 aliphatic heterocycles. The molecule has 0 saturated carbocycles. The Hall–Kier alpha value is -1.42. The average molecular weight is 654 g/mol. The van der Waals surface area contributed by atoms with E-state index in [1.165, 1.54) is 6.26 Å². The number of halogens is 2. The van der Waals surface area contributed by atoms with Crippen LogP contribution in [-0.2, 0) is 25.5 Å². The van der Waals surface area contributed by atoms with Gasteiger partial charge < -0.3 is 4.43 Å². The van der Waals surface area contributed by atoms with Crippen LogP contribution in [0.1, 0.15) is 66.4 Å². The summed E-state index contributed by atoms with van der Waals surface area (Å²) in [6.07, 6.45) is 4.59. The van der Waals surface area contributed by atoms with Gasteiger partial charge in [0.1, 0.15) is 0 Å². The maximum atomic E-state index is 13.5. The Morgan fingerprint density at radius 1 is 0.857 bits per heavy atom. The first-order chi connectivity index (χ1) is 19.6. The Morgan fingerprint density at radius 3 is 1.86 bits per heavy atom. The molecule has 2 aliphatic rings. The van der Waals surface area contributed by atoms with E-state index in [-0.39, 0.29) is 22.8 Å². The Morgan fingerprint density at radius 2 is 1.38 bits per heavy atom. The van der Waals surface area contributed by atoms with Crippen molar-refractivity contribution in [1.29, 1.82) is 0 Å². The van der Waals surface area contributed by atoms with Gasteiger partial charge in [0.25, 0.3) is 0 Å². The van der Waals surface area contributed by atoms with Gasteiger partial charge in [0.2, 0.25) is 14.2 Å². The van der Waals surface area contributed by atoms with Crippen LogP contribution in [0.3, 0.4) is 0 Å². The number of hydrogen-bond acceptors (Lipinski definition) is 5. The van der Waals surface area contributed by atoms with Crippen LogP contribution in [0.5, 0.6) is 0 Å². The van der Waals surface area contributed by atoms with Gasteiger partial charge in [0, 0.05) is 48.0 Å². The number of hydrogen-bond donors (Lipinski definition) is 0. The van der Waals surface area contributed by atoms with Crippen molar-refractivity contribution in [3.8, 4) is 11.1 Å². The van der Waals surface area contributed by atoms with Crippen LogP contribution in [0.25, 0.3) is 11.1 Å². The fraction of sp³-hybridized carbons (Fsp3) is 0.594. The zero-order valence-corrected chi connectivity index (χ0v) is 29.3. The quantitative estimate of drug-likeness (QED) is 0.243.